The quantitative estimate of drug-likeness (QED) is 0.836. The molecule has 1 aliphatic heterocycles. The Bertz CT molecular complexity index is 702. The lowest BCUT2D eigenvalue weighted by Crippen LogP contribution is -2.42. The van der Waals surface area contributed by atoms with Crippen LogP contribution in [0.15, 0.2) is 18.2 Å². The third kappa shape index (κ3) is 3.11. The maximum absolute atomic E-state index is 12.2. The molecule has 0 radical (unpaired) electrons. The number of carbonyl (C=O) groups is 1. The number of ether oxygens (including phenoxy) is 1. The highest BCUT2D eigenvalue weighted by atomic mass is 32.1. The summed E-state index contributed by atoms with van der Waals surface area (Å²) in [6, 6.07) is 5.46. The zero-order chi connectivity index (χ0) is 15.7. The van der Waals surface area contributed by atoms with Gasteiger partial charge in [-0.05, 0) is 26.0 Å². The van der Waals surface area contributed by atoms with Crippen LogP contribution in [-0.2, 0) is 4.79 Å². The summed E-state index contributed by atoms with van der Waals surface area (Å²) in [7, 11) is 0. The van der Waals surface area contributed by atoms with Gasteiger partial charge in [0.05, 0.1) is 18.8 Å². The summed E-state index contributed by atoms with van der Waals surface area (Å²) in [6.45, 7) is 4.67. The first-order valence-corrected chi connectivity index (χ1v) is 7.74. The van der Waals surface area contributed by atoms with Gasteiger partial charge in [0.1, 0.15) is 16.9 Å². The van der Waals surface area contributed by atoms with Crippen LogP contribution in [-0.4, -0.2) is 35.3 Å². The Balaban J connectivity index is 1.73. The Hall–Kier alpha value is -2.35. The predicted octanol–water partition coefficient (Wildman–Crippen LogP) is 1.65. The predicted molar refractivity (Wildman–Crippen MR) is 86.4 cm³/mol. The van der Waals surface area contributed by atoms with Gasteiger partial charge in [-0.15, -0.1) is 10.2 Å². The van der Waals surface area contributed by atoms with E-state index in [9.17, 15) is 4.79 Å². The molecule has 0 spiro atoms. The number of aromatic nitrogens is 2. The van der Waals surface area contributed by atoms with Crippen LogP contribution in [0.25, 0.3) is 0 Å². The fraction of sp³-hybridized carbons (Fsp3) is 0.357. The lowest BCUT2D eigenvalue weighted by atomic mass is 10.2. The Kier molecular flexibility index (Phi) is 3.84. The fourth-order valence-corrected chi connectivity index (χ4v) is 2.99. The number of carbonyl (C=O) groups excluding carboxylic acids is 1. The average molecular weight is 319 g/mol. The molecule has 0 bridgehead atoms. The number of nitrogens with zero attached hydrogens (tertiary/aromatic N) is 3. The highest BCUT2D eigenvalue weighted by Crippen LogP contribution is 2.34. The first-order chi connectivity index (χ1) is 10.5. The Morgan fingerprint density at radius 3 is 3.09 bits per heavy atom. The Labute approximate surface area is 132 Å². The van der Waals surface area contributed by atoms with Gasteiger partial charge in [0.2, 0.25) is 11.0 Å². The molecular weight excluding hydrogens is 302 g/mol. The molecule has 1 unspecified atom stereocenters. The van der Waals surface area contributed by atoms with Gasteiger partial charge in [-0.2, -0.15) is 0 Å². The number of benzene rings is 1. The van der Waals surface area contributed by atoms with Gasteiger partial charge in [0.25, 0.3) is 0 Å². The second-order valence-corrected chi connectivity index (χ2v) is 6.39. The zero-order valence-corrected chi connectivity index (χ0v) is 13.2. The molecule has 0 aliphatic carbocycles. The number of nitrogen functional groups attached to an aromatic ring is 1. The van der Waals surface area contributed by atoms with E-state index < -0.39 is 0 Å². The number of rotatable bonds is 3. The highest BCUT2D eigenvalue weighted by molar-refractivity contribution is 7.15. The molecule has 1 amide bonds. The van der Waals surface area contributed by atoms with E-state index in [1.807, 2.05) is 24.8 Å². The minimum Gasteiger partial charge on any atom is -0.487 e. The summed E-state index contributed by atoms with van der Waals surface area (Å²) in [5.74, 6) is 0.575. The second-order valence-electron chi connectivity index (χ2n) is 5.21. The van der Waals surface area contributed by atoms with Crippen LogP contribution in [0, 0.1) is 6.92 Å². The maximum Gasteiger partial charge on any atom is 0.245 e. The van der Waals surface area contributed by atoms with Gasteiger partial charge in [-0.1, -0.05) is 11.3 Å². The third-order valence-corrected chi connectivity index (χ3v) is 3.99. The van der Waals surface area contributed by atoms with E-state index in [0.717, 1.165) is 10.7 Å². The fourth-order valence-electron chi connectivity index (χ4n) is 2.38. The molecule has 3 rings (SSSR count). The molecule has 7 nitrogen and oxygen atoms in total. The minimum absolute atomic E-state index is 0.00845. The van der Waals surface area contributed by atoms with Crippen LogP contribution < -0.4 is 20.7 Å². The normalized spacial score (nSPS) is 16.8. The average Bonchev–Trinajstić information content (AvgIpc) is 2.83. The number of hydrogen-bond donors (Lipinski definition) is 2. The number of nitrogens with two attached hydrogens (primary N) is 1. The number of nitrogens with one attached hydrogen (secondary N) is 1. The highest BCUT2D eigenvalue weighted by Gasteiger charge is 2.25. The van der Waals surface area contributed by atoms with E-state index in [4.69, 9.17) is 10.5 Å². The van der Waals surface area contributed by atoms with E-state index in [-0.39, 0.29) is 18.6 Å². The number of anilines is 3. The summed E-state index contributed by atoms with van der Waals surface area (Å²) in [4.78, 5) is 14.2. The van der Waals surface area contributed by atoms with E-state index in [1.54, 1.807) is 12.1 Å². The van der Waals surface area contributed by atoms with Crippen molar-refractivity contribution >= 4 is 33.8 Å². The van der Waals surface area contributed by atoms with Crippen molar-refractivity contribution in [2.24, 2.45) is 0 Å². The van der Waals surface area contributed by atoms with Crippen molar-refractivity contribution in [1.29, 1.82) is 0 Å². The lowest BCUT2D eigenvalue weighted by Gasteiger charge is -2.34. The Morgan fingerprint density at radius 1 is 1.55 bits per heavy atom. The largest absolute Gasteiger partial charge is 0.487 e. The summed E-state index contributed by atoms with van der Waals surface area (Å²) in [5, 5.41) is 11.9. The molecule has 2 heterocycles. The molecule has 0 saturated carbocycles. The van der Waals surface area contributed by atoms with Crippen molar-refractivity contribution < 1.29 is 9.53 Å². The summed E-state index contributed by atoms with van der Waals surface area (Å²) < 4.78 is 5.77. The topological polar surface area (TPSA) is 93.4 Å². The van der Waals surface area contributed by atoms with Crippen molar-refractivity contribution in [3.8, 4) is 5.75 Å². The van der Waals surface area contributed by atoms with Crippen LogP contribution in [0.2, 0.25) is 0 Å². The van der Waals surface area contributed by atoms with Crippen molar-refractivity contribution in [2.45, 2.75) is 20.0 Å². The van der Waals surface area contributed by atoms with Crippen LogP contribution in [0.5, 0.6) is 5.75 Å². The molecule has 8 heteroatoms. The molecule has 1 atom stereocenters. The lowest BCUT2D eigenvalue weighted by molar-refractivity contribution is -0.115. The van der Waals surface area contributed by atoms with Gasteiger partial charge in [0.15, 0.2) is 0 Å². The van der Waals surface area contributed by atoms with Crippen LogP contribution >= 0.6 is 11.3 Å². The van der Waals surface area contributed by atoms with Gasteiger partial charge < -0.3 is 15.4 Å². The third-order valence-electron chi connectivity index (χ3n) is 3.24. The van der Waals surface area contributed by atoms with Crippen LogP contribution in [0.3, 0.4) is 0 Å². The molecule has 116 valence electrons. The molecule has 0 saturated heterocycles. The molecule has 1 aliphatic rings. The molecule has 3 N–H and O–H groups in total. The summed E-state index contributed by atoms with van der Waals surface area (Å²) in [5.41, 5.74) is 7.30. The van der Waals surface area contributed by atoms with Gasteiger partial charge >= 0.3 is 0 Å². The standard InChI is InChI=1S/C14H17N5O2S/c1-8-6-19(11-4-3-10(15)5-12(11)21-8)7-13(20)16-14-18-17-9(2)22-14/h3-5,8H,6-7,15H2,1-2H3,(H,16,18,20). The van der Waals surface area contributed by atoms with E-state index in [0.29, 0.717) is 23.1 Å². The summed E-state index contributed by atoms with van der Waals surface area (Å²) in [6.07, 6.45) is -0.00845. The van der Waals surface area contributed by atoms with Crippen LogP contribution in [0.1, 0.15) is 11.9 Å². The SMILES string of the molecule is Cc1nnc(NC(=O)CN2CC(C)Oc3cc(N)ccc32)s1. The minimum atomic E-state index is -0.131. The maximum atomic E-state index is 12.2. The first-order valence-electron chi connectivity index (χ1n) is 6.92. The van der Waals surface area contributed by atoms with Crippen LogP contribution in [0.4, 0.5) is 16.5 Å². The molecular formula is C14H17N5O2S. The molecule has 22 heavy (non-hydrogen) atoms. The number of amides is 1. The van der Waals surface area contributed by atoms with E-state index >= 15 is 0 Å². The molecule has 2 aromatic rings. The van der Waals surface area contributed by atoms with E-state index in [2.05, 4.69) is 15.5 Å². The molecule has 1 aromatic heterocycles. The number of fused-ring (bicyclic) bond motifs is 1. The van der Waals surface area contributed by atoms with Crippen molar-refractivity contribution in [2.75, 3.05) is 29.0 Å². The second kappa shape index (κ2) is 5.80. The molecule has 1 aromatic carbocycles. The van der Waals surface area contributed by atoms with Gasteiger partial charge in [0, 0.05) is 11.8 Å². The monoisotopic (exact) mass is 319 g/mol. The first kappa shape index (κ1) is 14.6. The van der Waals surface area contributed by atoms with E-state index in [1.165, 1.54) is 11.3 Å². The van der Waals surface area contributed by atoms with Crippen molar-refractivity contribution in [3.05, 3.63) is 23.2 Å². The van der Waals surface area contributed by atoms with Gasteiger partial charge in [-0.3, -0.25) is 10.1 Å². The number of aryl methyl sites for hydroxylation is 1. The van der Waals surface area contributed by atoms with Gasteiger partial charge in [-0.25, -0.2) is 0 Å². The Morgan fingerprint density at radius 2 is 2.36 bits per heavy atom. The number of hydrogen-bond acceptors (Lipinski definition) is 7. The van der Waals surface area contributed by atoms with Crippen molar-refractivity contribution in [3.63, 3.8) is 0 Å². The zero-order valence-electron chi connectivity index (χ0n) is 12.4. The smallest absolute Gasteiger partial charge is 0.245 e. The van der Waals surface area contributed by atoms with Crippen molar-refractivity contribution in [1.82, 2.24) is 10.2 Å². The summed E-state index contributed by atoms with van der Waals surface area (Å²) >= 11 is 1.35. The molecule has 0 fully saturated rings.